The van der Waals surface area contributed by atoms with Gasteiger partial charge in [-0.25, -0.2) is 4.79 Å². The lowest BCUT2D eigenvalue weighted by atomic mass is 9.97. The van der Waals surface area contributed by atoms with Crippen LogP contribution in [0.4, 0.5) is 0 Å². The summed E-state index contributed by atoms with van der Waals surface area (Å²) in [5.74, 6) is -0.344. The van der Waals surface area contributed by atoms with Gasteiger partial charge in [0, 0.05) is 17.7 Å². The standard InChI is InChI=1S/C19H19NO5/c1-24-16-11-13(18(21)20-9-8-15(20)19(22)23)10-14(17(16)25-2)12-6-4-3-5-7-12/h3-7,10-11,15H,8-9H2,1-2H3,(H,22,23)/t15-/m1/s1. The Morgan fingerprint density at radius 3 is 2.36 bits per heavy atom. The van der Waals surface area contributed by atoms with E-state index in [4.69, 9.17) is 9.47 Å². The van der Waals surface area contributed by atoms with Gasteiger partial charge < -0.3 is 19.5 Å². The molecule has 25 heavy (non-hydrogen) atoms. The van der Waals surface area contributed by atoms with E-state index in [1.165, 1.54) is 12.0 Å². The molecule has 1 aliphatic heterocycles. The number of benzene rings is 2. The third kappa shape index (κ3) is 3.03. The van der Waals surface area contributed by atoms with Gasteiger partial charge in [0.15, 0.2) is 11.5 Å². The molecule has 3 rings (SSSR count). The van der Waals surface area contributed by atoms with Crippen LogP contribution in [0.15, 0.2) is 42.5 Å². The fourth-order valence-corrected chi connectivity index (χ4v) is 2.97. The fraction of sp³-hybridized carbons (Fsp3) is 0.263. The summed E-state index contributed by atoms with van der Waals surface area (Å²) in [7, 11) is 3.05. The number of carbonyl (C=O) groups excluding carboxylic acids is 1. The highest BCUT2D eigenvalue weighted by atomic mass is 16.5. The van der Waals surface area contributed by atoms with Crippen LogP contribution in [0.3, 0.4) is 0 Å². The number of rotatable bonds is 5. The van der Waals surface area contributed by atoms with E-state index >= 15 is 0 Å². The second-order valence-corrected chi connectivity index (χ2v) is 5.77. The minimum atomic E-state index is -0.983. The van der Waals surface area contributed by atoms with Crippen LogP contribution in [0, 0.1) is 0 Å². The Kier molecular flexibility index (Phi) is 4.61. The van der Waals surface area contributed by atoms with Crippen molar-refractivity contribution in [3.05, 3.63) is 48.0 Å². The Balaban J connectivity index is 2.06. The molecule has 130 valence electrons. The van der Waals surface area contributed by atoms with Crippen molar-refractivity contribution < 1.29 is 24.2 Å². The zero-order valence-corrected chi connectivity index (χ0v) is 14.1. The molecule has 2 aromatic rings. The number of carboxylic acids is 1. The molecule has 0 aliphatic carbocycles. The summed E-state index contributed by atoms with van der Waals surface area (Å²) >= 11 is 0. The smallest absolute Gasteiger partial charge is 0.326 e. The minimum absolute atomic E-state index is 0.322. The first-order valence-corrected chi connectivity index (χ1v) is 7.92. The Labute approximate surface area is 145 Å². The molecule has 1 N–H and O–H groups in total. The molecule has 0 radical (unpaired) electrons. The van der Waals surface area contributed by atoms with Gasteiger partial charge in [-0.3, -0.25) is 4.79 Å². The molecule has 1 aliphatic rings. The van der Waals surface area contributed by atoms with E-state index in [1.54, 1.807) is 19.2 Å². The van der Waals surface area contributed by atoms with E-state index in [9.17, 15) is 14.7 Å². The Morgan fingerprint density at radius 2 is 1.84 bits per heavy atom. The third-order valence-corrected chi connectivity index (χ3v) is 4.38. The van der Waals surface area contributed by atoms with Gasteiger partial charge in [0.2, 0.25) is 0 Å². The van der Waals surface area contributed by atoms with E-state index in [1.807, 2.05) is 30.3 Å². The van der Waals surface area contributed by atoms with Crippen LogP contribution in [0.5, 0.6) is 11.5 Å². The molecule has 6 heteroatoms. The highest BCUT2D eigenvalue weighted by molar-refractivity contribution is 5.99. The Morgan fingerprint density at radius 1 is 1.12 bits per heavy atom. The number of nitrogens with zero attached hydrogens (tertiary/aromatic N) is 1. The highest BCUT2D eigenvalue weighted by Gasteiger charge is 2.38. The SMILES string of the molecule is COc1cc(C(=O)N2CC[C@@H]2C(=O)O)cc(-c2ccccc2)c1OC. The second kappa shape index (κ2) is 6.84. The molecule has 0 aromatic heterocycles. The number of hydrogen-bond donors (Lipinski definition) is 1. The maximum absolute atomic E-state index is 12.8. The van der Waals surface area contributed by atoms with E-state index < -0.39 is 12.0 Å². The van der Waals surface area contributed by atoms with E-state index in [0.717, 1.165) is 11.1 Å². The number of ether oxygens (including phenoxy) is 2. The average molecular weight is 341 g/mol. The number of methoxy groups -OCH3 is 2. The van der Waals surface area contributed by atoms with Gasteiger partial charge in [-0.2, -0.15) is 0 Å². The van der Waals surface area contributed by atoms with Crippen molar-refractivity contribution >= 4 is 11.9 Å². The van der Waals surface area contributed by atoms with Gasteiger partial charge in [0.25, 0.3) is 5.91 Å². The fourth-order valence-electron chi connectivity index (χ4n) is 2.97. The molecule has 0 unspecified atom stereocenters. The van der Waals surface area contributed by atoms with Gasteiger partial charge in [-0.05, 0) is 24.1 Å². The predicted molar refractivity (Wildman–Crippen MR) is 92.1 cm³/mol. The van der Waals surface area contributed by atoms with Crippen molar-refractivity contribution in [2.45, 2.75) is 12.5 Å². The summed E-state index contributed by atoms with van der Waals surface area (Å²) < 4.78 is 10.9. The van der Waals surface area contributed by atoms with Crippen LogP contribution in [0.1, 0.15) is 16.8 Å². The lowest BCUT2D eigenvalue weighted by Gasteiger charge is -2.38. The lowest BCUT2D eigenvalue weighted by Crippen LogP contribution is -2.55. The zero-order valence-electron chi connectivity index (χ0n) is 14.1. The number of aliphatic carboxylic acids is 1. The average Bonchev–Trinajstić information content (AvgIpc) is 2.59. The van der Waals surface area contributed by atoms with Crippen molar-refractivity contribution in [3.8, 4) is 22.6 Å². The largest absolute Gasteiger partial charge is 0.493 e. The number of carboxylic acid groups (broad SMARTS) is 1. The Bertz CT molecular complexity index is 803. The number of hydrogen-bond acceptors (Lipinski definition) is 4. The molecule has 1 fully saturated rings. The van der Waals surface area contributed by atoms with Gasteiger partial charge >= 0.3 is 5.97 Å². The molecule has 1 saturated heterocycles. The second-order valence-electron chi connectivity index (χ2n) is 5.77. The first-order chi connectivity index (χ1) is 12.1. The van der Waals surface area contributed by atoms with Gasteiger partial charge in [0.1, 0.15) is 6.04 Å². The molecule has 0 saturated carbocycles. The molecule has 1 atom stereocenters. The maximum Gasteiger partial charge on any atom is 0.326 e. The first kappa shape index (κ1) is 16.8. The minimum Gasteiger partial charge on any atom is -0.493 e. The van der Waals surface area contributed by atoms with Crippen LogP contribution < -0.4 is 9.47 Å². The quantitative estimate of drug-likeness (QED) is 0.905. The van der Waals surface area contributed by atoms with Crippen LogP contribution in [0.25, 0.3) is 11.1 Å². The third-order valence-electron chi connectivity index (χ3n) is 4.38. The molecule has 6 nitrogen and oxygen atoms in total. The number of likely N-dealkylation sites (tertiary alicyclic amines) is 1. The van der Waals surface area contributed by atoms with Gasteiger partial charge in [0.05, 0.1) is 14.2 Å². The van der Waals surface area contributed by atoms with Crippen LogP contribution in [0.2, 0.25) is 0 Å². The van der Waals surface area contributed by atoms with E-state index in [0.29, 0.717) is 30.0 Å². The summed E-state index contributed by atoms with van der Waals surface area (Å²) in [5, 5.41) is 9.18. The summed E-state index contributed by atoms with van der Waals surface area (Å²) in [6.07, 6.45) is 0.472. The molecule has 0 spiro atoms. The Hall–Kier alpha value is -3.02. The zero-order chi connectivity index (χ0) is 18.0. The lowest BCUT2D eigenvalue weighted by molar-refractivity contribution is -0.146. The molecule has 1 heterocycles. The van der Waals surface area contributed by atoms with Crippen molar-refractivity contribution in [3.63, 3.8) is 0 Å². The highest BCUT2D eigenvalue weighted by Crippen LogP contribution is 2.40. The number of amides is 1. The summed E-state index contributed by atoms with van der Waals surface area (Å²) in [6.45, 7) is 0.435. The van der Waals surface area contributed by atoms with Crippen LogP contribution in [-0.2, 0) is 4.79 Å². The van der Waals surface area contributed by atoms with Gasteiger partial charge in [-0.1, -0.05) is 30.3 Å². The molecular formula is C19H19NO5. The summed E-state index contributed by atoms with van der Waals surface area (Å²) in [5.41, 5.74) is 1.98. The molecular weight excluding hydrogens is 322 g/mol. The predicted octanol–water partition coefficient (Wildman–Crippen LogP) is 2.67. The van der Waals surface area contributed by atoms with Crippen molar-refractivity contribution in [2.75, 3.05) is 20.8 Å². The monoisotopic (exact) mass is 341 g/mol. The van der Waals surface area contributed by atoms with Gasteiger partial charge in [-0.15, -0.1) is 0 Å². The summed E-state index contributed by atoms with van der Waals surface area (Å²) in [4.78, 5) is 25.3. The van der Waals surface area contributed by atoms with E-state index in [2.05, 4.69) is 0 Å². The van der Waals surface area contributed by atoms with E-state index in [-0.39, 0.29) is 5.91 Å². The van der Waals surface area contributed by atoms with Crippen molar-refractivity contribution in [1.29, 1.82) is 0 Å². The normalized spacial score (nSPS) is 16.1. The molecule has 1 amide bonds. The summed E-state index contributed by atoms with van der Waals surface area (Å²) in [6, 6.07) is 12.1. The maximum atomic E-state index is 12.8. The van der Waals surface area contributed by atoms with Crippen molar-refractivity contribution in [1.82, 2.24) is 4.90 Å². The van der Waals surface area contributed by atoms with Crippen LogP contribution in [-0.4, -0.2) is 48.7 Å². The topological polar surface area (TPSA) is 76.1 Å². The van der Waals surface area contributed by atoms with Crippen LogP contribution >= 0.6 is 0 Å². The molecule has 2 aromatic carbocycles. The van der Waals surface area contributed by atoms with Crippen molar-refractivity contribution in [2.24, 2.45) is 0 Å². The molecule has 0 bridgehead atoms. The number of carbonyl (C=O) groups is 2. The first-order valence-electron chi connectivity index (χ1n) is 7.92.